The summed E-state index contributed by atoms with van der Waals surface area (Å²) in [4.78, 5) is 0. The fourth-order valence-electron chi connectivity index (χ4n) is 5.83. The first-order valence-corrected chi connectivity index (χ1v) is 26.2. The van der Waals surface area contributed by atoms with Crippen molar-refractivity contribution < 1.29 is 9.53 Å². The Morgan fingerprint density at radius 3 is 1.50 bits per heavy atom. The van der Waals surface area contributed by atoms with E-state index in [2.05, 4.69) is 79.7 Å². The lowest BCUT2D eigenvalue weighted by molar-refractivity contribution is -0.0107. The topological polar surface area (TPSA) is 29.5 Å². The quantitative estimate of drug-likeness (QED) is 0.373. The van der Waals surface area contributed by atoms with Gasteiger partial charge < -0.3 is 9.53 Å². The predicted octanol–water partition coefficient (Wildman–Crippen LogP) is 6.55. The monoisotopic (exact) mass is 434 g/mol. The molecule has 3 atom stereocenters. The summed E-state index contributed by atoms with van der Waals surface area (Å²) >= 11 is 0. The van der Waals surface area contributed by atoms with E-state index in [0.29, 0.717) is 5.92 Å². The molecular formula is C20H50O2Si4. The van der Waals surface area contributed by atoms with Crippen LogP contribution in [0.5, 0.6) is 0 Å². The van der Waals surface area contributed by atoms with Gasteiger partial charge in [-0.1, -0.05) is 92.5 Å². The summed E-state index contributed by atoms with van der Waals surface area (Å²) in [7, 11) is -4.39. The van der Waals surface area contributed by atoms with Crippen molar-refractivity contribution in [1.82, 2.24) is 0 Å². The van der Waals surface area contributed by atoms with Crippen molar-refractivity contribution in [2.45, 2.75) is 124 Å². The van der Waals surface area contributed by atoms with E-state index >= 15 is 0 Å². The second-order valence-corrected chi connectivity index (χ2v) is 51.4. The van der Waals surface area contributed by atoms with Gasteiger partial charge in [-0.25, -0.2) is 0 Å². The fraction of sp³-hybridized carbons (Fsp3) is 1.00. The van der Waals surface area contributed by atoms with Crippen LogP contribution in [-0.2, 0) is 4.43 Å². The van der Waals surface area contributed by atoms with Gasteiger partial charge in [0.25, 0.3) is 0 Å². The van der Waals surface area contributed by atoms with Gasteiger partial charge in [-0.05, 0) is 19.3 Å². The van der Waals surface area contributed by atoms with Gasteiger partial charge in [-0.3, -0.25) is 0 Å². The van der Waals surface area contributed by atoms with E-state index in [1.165, 1.54) is 0 Å². The van der Waals surface area contributed by atoms with Gasteiger partial charge in [0.1, 0.15) is 0 Å². The summed E-state index contributed by atoms with van der Waals surface area (Å²) in [5.74, 6) is 0.509. The highest BCUT2D eigenvalue weighted by molar-refractivity contribution is 7.87. The minimum Gasteiger partial charge on any atom is -0.423 e. The molecule has 0 bridgehead atoms. The molecule has 2 nitrogen and oxygen atoms in total. The SMILES string of the molecule is CCC[C@](C)(O)C[C@@H](O[Si]([Si](C)(C)C)([Si](C)(C)C)[Si](C)(C)C)C(C)CC. The van der Waals surface area contributed by atoms with Crippen LogP contribution in [0.2, 0.25) is 58.9 Å². The Hall–Kier alpha value is 0.788. The van der Waals surface area contributed by atoms with Gasteiger partial charge in [-0.15, -0.1) is 0 Å². The fourth-order valence-corrected chi connectivity index (χ4v) is 100.0. The second kappa shape index (κ2) is 9.07. The van der Waals surface area contributed by atoms with E-state index < -0.39 is 35.2 Å². The summed E-state index contributed by atoms with van der Waals surface area (Å²) in [5, 5.41) is 11.0. The van der Waals surface area contributed by atoms with Crippen LogP contribution in [0.4, 0.5) is 0 Å². The maximum Gasteiger partial charge on any atom is 0.158 e. The molecule has 1 unspecified atom stereocenters. The van der Waals surface area contributed by atoms with Gasteiger partial charge in [-0.2, -0.15) is 0 Å². The molecule has 0 spiro atoms. The molecule has 0 amide bonds. The van der Waals surface area contributed by atoms with Gasteiger partial charge in [0.2, 0.25) is 0 Å². The lowest BCUT2D eigenvalue weighted by Crippen LogP contribution is -2.85. The zero-order valence-corrected chi connectivity index (χ0v) is 24.3. The van der Waals surface area contributed by atoms with E-state index in [1.807, 2.05) is 6.92 Å². The Balaban J connectivity index is 6.25. The minimum absolute atomic E-state index is 0.207. The van der Waals surface area contributed by atoms with Crippen LogP contribution in [0.15, 0.2) is 0 Å². The molecule has 0 heterocycles. The van der Waals surface area contributed by atoms with Crippen LogP contribution in [0.3, 0.4) is 0 Å². The average molecular weight is 435 g/mol. The lowest BCUT2D eigenvalue weighted by Gasteiger charge is -2.58. The molecule has 0 aromatic rings. The molecule has 0 fully saturated rings. The zero-order valence-electron chi connectivity index (χ0n) is 20.3. The van der Waals surface area contributed by atoms with Crippen molar-refractivity contribution >= 4 is 29.6 Å². The first kappa shape index (κ1) is 26.8. The van der Waals surface area contributed by atoms with E-state index in [1.54, 1.807) is 0 Å². The smallest absolute Gasteiger partial charge is 0.158 e. The second-order valence-electron chi connectivity index (χ2n) is 11.9. The highest BCUT2D eigenvalue weighted by Gasteiger charge is 2.64. The molecule has 0 radical (unpaired) electrons. The number of hydrogen-bond acceptors (Lipinski definition) is 2. The average Bonchev–Trinajstić information content (AvgIpc) is 2.37. The Morgan fingerprint density at radius 2 is 1.23 bits per heavy atom. The van der Waals surface area contributed by atoms with E-state index in [4.69, 9.17) is 4.43 Å². The van der Waals surface area contributed by atoms with Crippen LogP contribution in [0.25, 0.3) is 0 Å². The molecule has 0 aliphatic heterocycles. The van der Waals surface area contributed by atoms with Crippen LogP contribution in [-0.4, -0.2) is 46.5 Å². The van der Waals surface area contributed by atoms with Gasteiger partial charge >= 0.3 is 0 Å². The van der Waals surface area contributed by atoms with Crippen molar-refractivity contribution in [2.24, 2.45) is 5.92 Å². The molecule has 0 saturated carbocycles. The standard InChI is InChI=1S/C20H50O2Si4/c1-14-16-20(4,21)17-19(18(3)15-2)22-26(23(5,6)7,24(8,9)10)25(11,12)13/h18-19,21H,14-17H2,1-13H3/t18?,19-,20+/m1/s1. The summed E-state index contributed by atoms with van der Waals surface area (Å²) < 4.78 is 7.53. The third-order valence-corrected chi connectivity index (χ3v) is 73.8. The van der Waals surface area contributed by atoms with E-state index in [9.17, 15) is 5.11 Å². The largest absolute Gasteiger partial charge is 0.423 e. The van der Waals surface area contributed by atoms with Crippen molar-refractivity contribution in [1.29, 1.82) is 0 Å². The maximum atomic E-state index is 11.0. The summed E-state index contributed by atoms with van der Waals surface area (Å²) in [5.41, 5.74) is -0.610. The number of hydrogen-bond donors (Lipinski definition) is 1. The normalized spacial score (nSPS) is 19.2. The molecule has 0 rings (SSSR count). The number of rotatable bonds is 11. The molecule has 0 aromatic heterocycles. The number of aliphatic hydroxyl groups is 1. The van der Waals surface area contributed by atoms with Crippen LogP contribution >= 0.6 is 0 Å². The van der Waals surface area contributed by atoms with Crippen molar-refractivity contribution in [3.8, 4) is 0 Å². The Morgan fingerprint density at radius 1 is 0.846 bits per heavy atom. The van der Waals surface area contributed by atoms with Crippen molar-refractivity contribution in [3.63, 3.8) is 0 Å². The van der Waals surface area contributed by atoms with Crippen LogP contribution in [0, 0.1) is 5.92 Å². The highest BCUT2D eigenvalue weighted by atomic mass is 29.9. The Kier molecular flexibility index (Phi) is 9.35. The highest BCUT2D eigenvalue weighted by Crippen LogP contribution is 2.41. The molecule has 6 heteroatoms. The van der Waals surface area contributed by atoms with Gasteiger partial charge in [0.05, 0.1) is 28.4 Å². The summed E-state index contributed by atoms with van der Waals surface area (Å²) in [6, 6.07) is 0. The van der Waals surface area contributed by atoms with Gasteiger partial charge in [0.15, 0.2) is 6.87 Å². The third kappa shape index (κ3) is 6.14. The Bertz CT molecular complexity index is 395. The molecule has 26 heavy (non-hydrogen) atoms. The summed E-state index contributed by atoms with van der Waals surface area (Å²) in [6.07, 6.45) is 4.02. The molecule has 0 aliphatic carbocycles. The van der Waals surface area contributed by atoms with E-state index in [-0.39, 0.29) is 6.10 Å². The molecule has 1 N–H and O–H groups in total. The van der Waals surface area contributed by atoms with Crippen molar-refractivity contribution in [2.75, 3.05) is 0 Å². The van der Waals surface area contributed by atoms with E-state index in [0.717, 1.165) is 25.7 Å². The third-order valence-electron chi connectivity index (χ3n) is 6.20. The molecule has 0 saturated heterocycles. The molecule has 0 aromatic carbocycles. The van der Waals surface area contributed by atoms with Crippen molar-refractivity contribution in [3.05, 3.63) is 0 Å². The lowest BCUT2D eigenvalue weighted by atomic mass is 9.88. The Labute approximate surface area is 169 Å². The molecule has 158 valence electrons. The first-order chi connectivity index (χ1) is 11.4. The minimum atomic E-state index is -1.86. The zero-order chi connectivity index (χ0) is 21.2. The van der Waals surface area contributed by atoms with Crippen LogP contribution < -0.4 is 0 Å². The van der Waals surface area contributed by atoms with Crippen LogP contribution in [0.1, 0.15) is 53.4 Å². The first-order valence-electron chi connectivity index (χ1n) is 10.8. The molecular weight excluding hydrogens is 385 g/mol. The summed E-state index contributed by atoms with van der Waals surface area (Å²) in [6.45, 7) is 30.1. The molecule has 0 aliphatic rings. The predicted molar refractivity (Wildman–Crippen MR) is 130 cm³/mol. The van der Waals surface area contributed by atoms with Gasteiger partial charge in [0, 0.05) is 12.5 Å². The maximum absolute atomic E-state index is 11.0.